The first-order chi connectivity index (χ1) is 7.93. The predicted octanol–water partition coefficient (Wildman–Crippen LogP) is 0.683. The molecule has 0 radical (unpaired) electrons. The van der Waals surface area contributed by atoms with Gasteiger partial charge in [0.25, 0.3) is 5.91 Å². The lowest BCUT2D eigenvalue weighted by Gasteiger charge is -2.58. The Kier molecular flexibility index (Phi) is 3.18. The van der Waals surface area contributed by atoms with Gasteiger partial charge in [0, 0.05) is 18.4 Å². The monoisotopic (exact) mass is 242 g/mol. The van der Waals surface area contributed by atoms with E-state index in [1.54, 1.807) is 0 Å². The number of carbonyl (C=O) groups is 1. The fourth-order valence-electron chi connectivity index (χ4n) is 2.63. The summed E-state index contributed by atoms with van der Waals surface area (Å²) >= 11 is 0. The van der Waals surface area contributed by atoms with Gasteiger partial charge in [-0.05, 0) is 13.3 Å². The molecule has 5 nitrogen and oxygen atoms in total. The average Bonchev–Trinajstić information content (AvgIpc) is 2.80. The number of carbonyl (C=O) groups excluding carboxylic acids is 1. The maximum atomic E-state index is 12.3. The Morgan fingerprint density at radius 3 is 2.76 bits per heavy atom. The summed E-state index contributed by atoms with van der Waals surface area (Å²) < 4.78 is 5.61. The van der Waals surface area contributed by atoms with Crippen LogP contribution in [0.4, 0.5) is 0 Å². The molecule has 98 valence electrons. The maximum Gasteiger partial charge on any atom is 0.266 e. The van der Waals surface area contributed by atoms with Crippen LogP contribution >= 0.6 is 0 Å². The molecule has 5 heteroatoms. The number of nitrogens with zero attached hydrogens (tertiary/aromatic N) is 1. The van der Waals surface area contributed by atoms with Gasteiger partial charge in [0.15, 0.2) is 0 Å². The van der Waals surface area contributed by atoms with E-state index in [4.69, 9.17) is 15.3 Å². The Labute approximate surface area is 102 Å². The zero-order chi connectivity index (χ0) is 12.7. The Bertz CT molecular complexity index is 313. The molecule has 2 aliphatic rings. The molecule has 2 atom stereocenters. The van der Waals surface area contributed by atoms with Gasteiger partial charge in [0.2, 0.25) is 0 Å². The smallest absolute Gasteiger partial charge is 0.266 e. The molecule has 0 aromatic heterocycles. The van der Waals surface area contributed by atoms with Crippen LogP contribution in [0.3, 0.4) is 0 Å². The highest BCUT2D eigenvalue weighted by Gasteiger charge is 2.64. The average molecular weight is 242 g/mol. The summed E-state index contributed by atoms with van der Waals surface area (Å²) in [4.78, 5) is 17.6. The third kappa shape index (κ3) is 1.77. The molecule has 0 aromatic carbocycles. The number of rotatable bonds is 3. The van der Waals surface area contributed by atoms with Gasteiger partial charge in [0.05, 0.1) is 19.3 Å². The van der Waals surface area contributed by atoms with Gasteiger partial charge >= 0.3 is 0 Å². The van der Waals surface area contributed by atoms with Crippen molar-refractivity contribution in [2.24, 2.45) is 11.1 Å². The lowest BCUT2D eigenvalue weighted by atomic mass is 9.54. The summed E-state index contributed by atoms with van der Waals surface area (Å²) in [6.07, 6.45) is 1.52. The van der Waals surface area contributed by atoms with E-state index in [1.807, 2.05) is 20.8 Å². The van der Waals surface area contributed by atoms with Crippen LogP contribution in [0, 0.1) is 5.41 Å². The molecule has 1 saturated heterocycles. The molecule has 17 heavy (non-hydrogen) atoms. The molecule has 2 unspecified atom stereocenters. The summed E-state index contributed by atoms with van der Waals surface area (Å²) in [7, 11) is 0. The van der Waals surface area contributed by atoms with Crippen LogP contribution in [0.25, 0.3) is 0 Å². The minimum absolute atomic E-state index is 0.0593. The first kappa shape index (κ1) is 12.8. The zero-order valence-corrected chi connectivity index (χ0v) is 10.9. The molecule has 2 rings (SSSR count). The van der Waals surface area contributed by atoms with Crippen molar-refractivity contribution in [1.29, 1.82) is 0 Å². The van der Waals surface area contributed by atoms with Gasteiger partial charge in [-0.3, -0.25) is 9.63 Å². The topological polar surface area (TPSA) is 64.8 Å². The van der Waals surface area contributed by atoms with Crippen molar-refractivity contribution in [3.63, 3.8) is 0 Å². The van der Waals surface area contributed by atoms with Crippen LogP contribution in [0.5, 0.6) is 0 Å². The molecular formula is C12H22N2O3. The quantitative estimate of drug-likeness (QED) is 0.790. The lowest BCUT2D eigenvalue weighted by molar-refractivity contribution is -0.206. The minimum Gasteiger partial charge on any atom is -0.378 e. The zero-order valence-electron chi connectivity index (χ0n) is 10.9. The highest BCUT2D eigenvalue weighted by atomic mass is 16.7. The van der Waals surface area contributed by atoms with Gasteiger partial charge in [-0.15, -0.1) is 0 Å². The van der Waals surface area contributed by atoms with Crippen molar-refractivity contribution in [2.75, 3.05) is 19.8 Å². The molecule has 1 saturated carbocycles. The Hall–Kier alpha value is -0.650. The lowest BCUT2D eigenvalue weighted by Crippen LogP contribution is -2.75. The molecule has 1 aliphatic carbocycles. The summed E-state index contributed by atoms with van der Waals surface area (Å²) in [5, 5.41) is 1.42. The van der Waals surface area contributed by atoms with E-state index in [1.165, 1.54) is 5.06 Å². The summed E-state index contributed by atoms with van der Waals surface area (Å²) in [6, 6.07) is 0. The highest BCUT2D eigenvalue weighted by molar-refractivity contribution is 5.88. The third-order valence-electron chi connectivity index (χ3n) is 4.19. The van der Waals surface area contributed by atoms with E-state index in [-0.39, 0.29) is 17.4 Å². The largest absolute Gasteiger partial charge is 0.378 e. The van der Waals surface area contributed by atoms with Crippen LogP contribution in [0.1, 0.15) is 33.6 Å². The molecule has 0 spiro atoms. The first-order valence-corrected chi connectivity index (χ1v) is 6.29. The van der Waals surface area contributed by atoms with E-state index in [0.29, 0.717) is 26.2 Å². The van der Waals surface area contributed by atoms with E-state index < -0.39 is 5.54 Å². The van der Waals surface area contributed by atoms with Crippen molar-refractivity contribution < 1.29 is 14.4 Å². The van der Waals surface area contributed by atoms with Crippen molar-refractivity contribution in [3.05, 3.63) is 0 Å². The van der Waals surface area contributed by atoms with Crippen molar-refractivity contribution >= 4 is 5.91 Å². The van der Waals surface area contributed by atoms with Crippen molar-refractivity contribution in [1.82, 2.24) is 5.06 Å². The SMILES string of the molecule is CCOC1CC(N)(C(=O)N2CCCO2)C1(C)C. The van der Waals surface area contributed by atoms with Gasteiger partial charge in [-0.25, -0.2) is 5.06 Å². The Balaban J connectivity index is 2.07. The summed E-state index contributed by atoms with van der Waals surface area (Å²) in [6.45, 7) is 7.84. The number of ether oxygens (including phenoxy) is 1. The van der Waals surface area contributed by atoms with E-state index in [2.05, 4.69) is 0 Å². The Morgan fingerprint density at radius 1 is 1.59 bits per heavy atom. The summed E-state index contributed by atoms with van der Waals surface area (Å²) in [5.41, 5.74) is 5.08. The Morgan fingerprint density at radius 2 is 2.29 bits per heavy atom. The first-order valence-electron chi connectivity index (χ1n) is 6.29. The number of hydrogen-bond acceptors (Lipinski definition) is 4. The van der Waals surface area contributed by atoms with E-state index in [0.717, 1.165) is 6.42 Å². The second-order valence-corrected chi connectivity index (χ2v) is 5.44. The van der Waals surface area contributed by atoms with Crippen LogP contribution in [0.2, 0.25) is 0 Å². The second-order valence-electron chi connectivity index (χ2n) is 5.44. The third-order valence-corrected chi connectivity index (χ3v) is 4.19. The number of amides is 1. The van der Waals surface area contributed by atoms with Crippen molar-refractivity contribution in [2.45, 2.75) is 45.3 Å². The minimum atomic E-state index is -0.850. The van der Waals surface area contributed by atoms with Crippen LogP contribution in [-0.2, 0) is 14.4 Å². The van der Waals surface area contributed by atoms with Crippen LogP contribution in [-0.4, -0.2) is 42.4 Å². The molecule has 2 N–H and O–H groups in total. The molecule has 0 bridgehead atoms. The van der Waals surface area contributed by atoms with Crippen molar-refractivity contribution in [3.8, 4) is 0 Å². The number of nitrogens with two attached hydrogens (primary N) is 1. The normalized spacial score (nSPS) is 35.8. The van der Waals surface area contributed by atoms with Gasteiger partial charge in [0.1, 0.15) is 5.54 Å². The van der Waals surface area contributed by atoms with E-state index in [9.17, 15) is 4.79 Å². The fourth-order valence-corrected chi connectivity index (χ4v) is 2.63. The van der Waals surface area contributed by atoms with E-state index >= 15 is 0 Å². The van der Waals surface area contributed by atoms with Gasteiger partial charge in [-0.2, -0.15) is 0 Å². The molecule has 1 amide bonds. The maximum absolute atomic E-state index is 12.3. The van der Waals surface area contributed by atoms with Crippen LogP contribution in [0.15, 0.2) is 0 Å². The predicted molar refractivity (Wildman–Crippen MR) is 63.0 cm³/mol. The molecular weight excluding hydrogens is 220 g/mol. The molecule has 0 aromatic rings. The summed E-state index contributed by atoms with van der Waals surface area (Å²) in [5.74, 6) is -0.101. The fraction of sp³-hybridized carbons (Fsp3) is 0.917. The second kappa shape index (κ2) is 4.23. The number of hydroxylamine groups is 2. The number of hydrogen-bond donors (Lipinski definition) is 1. The van der Waals surface area contributed by atoms with Gasteiger partial charge < -0.3 is 10.5 Å². The van der Waals surface area contributed by atoms with Gasteiger partial charge in [-0.1, -0.05) is 13.8 Å². The molecule has 2 fully saturated rings. The standard InChI is InChI=1S/C12H22N2O3/c1-4-16-9-8-12(13,11(9,2)3)10(15)14-6-5-7-17-14/h9H,4-8,13H2,1-3H3. The highest BCUT2D eigenvalue weighted by Crippen LogP contribution is 2.50. The molecule has 1 aliphatic heterocycles. The van der Waals surface area contributed by atoms with Crippen LogP contribution < -0.4 is 5.73 Å². The molecule has 1 heterocycles.